The van der Waals surface area contributed by atoms with Crippen molar-refractivity contribution >= 4 is 11.7 Å². The van der Waals surface area contributed by atoms with Crippen LogP contribution in [-0.2, 0) is 4.79 Å². The molecule has 0 spiro atoms. The molecule has 1 unspecified atom stereocenters. The molecule has 1 fully saturated rings. The zero-order chi connectivity index (χ0) is 15.4. The lowest BCUT2D eigenvalue weighted by Gasteiger charge is -2.29. The summed E-state index contributed by atoms with van der Waals surface area (Å²) in [6, 6.07) is 5.94. The Labute approximate surface area is 127 Å². The monoisotopic (exact) mass is 287 g/mol. The molecule has 1 aromatic carbocycles. The van der Waals surface area contributed by atoms with E-state index in [2.05, 4.69) is 0 Å². The van der Waals surface area contributed by atoms with E-state index in [1.54, 1.807) is 6.92 Å². The smallest absolute Gasteiger partial charge is 0.254 e. The molecule has 114 valence electrons. The van der Waals surface area contributed by atoms with Crippen LogP contribution >= 0.6 is 0 Å². The number of ketones is 1. The maximum absolute atomic E-state index is 12.8. The van der Waals surface area contributed by atoms with E-state index in [9.17, 15) is 9.59 Å². The summed E-state index contributed by atoms with van der Waals surface area (Å²) in [5.41, 5.74) is 3.08. The maximum Gasteiger partial charge on any atom is 0.254 e. The summed E-state index contributed by atoms with van der Waals surface area (Å²) < 4.78 is 0. The number of carbonyl (C=O) groups is 2. The van der Waals surface area contributed by atoms with Gasteiger partial charge in [-0.25, -0.2) is 0 Å². The van der Waals surface area contributed by atoms with Crippen molar-refractivity contribution in [2.75, 3.05) is 6.54 Å². The Bertz CT molecular complexity index is 536. The summed E-state index contributed by atoms with van der Waals surface area (Å²) in [6.45, 7) is 6.46. The second-order valence-corrected chi connectivity index (χ2v) is 6.21. The van der Waals surface area contributed by atoms with Crippen molar-refractivity contribution in [2.45, 2.75) is 58.9 Å². The molecule has 0 aliphatic carbocycles. The summed E-state index contributed by atoms with van der Waals surface area (Å²) in [4.78, 5) is 26.2. The van der Waals surface area contributed by atoms with Crippen LogP contribution in [0.5, 0.6) is 0 Å². The van der Waals surface area contributed by atoms with Crippen LogP contribution in [0.25, 0.3) is 0 Å². The third kappa shape index (κ3) is 3.93. The minimum absolute atomic E-state index is 0.0686. The number of hydrogen-bond acceptors (Lipinski definition) is 2. The summed E-state index contributed by atoms with van der Waals surface area (Å²) in [7, 11) is 0. The van der Waals surface area contributed by atoms with Crippen molar-refractivity contribution in [1.29, 1.82) is 0 Å². The fraction of sp³-hybridized carbons (Fsp3) is 0.556. The molecule has 0 aromatic heterocycles. The molecule has 2 rings (SSSR count). The predicted molar refractivity (Wildman–Crippen MR) is 84.5 cm³/mol. The molecule has 3 nitrogen and oxygen atoms in total. The van der Waals surface area contributed by atoms with Crippen LogP contribution in [0.4, 0.5) is 0 Å². The molecule has 1 aromatic rings. The van der Waals surface area contributed by atoms with Gasteiger partial charge in [-0.05, 0) is 56.9 Å². The van der Waals surface area contributed by atoms with Gasteiger partial charge in [-0.1, -0.05) is 18.9 Å². The first-order valence-electron chi connectivity index (χ1n) is 7.86. The van der Waals surface area contributed by atoms with Crippen LogP contribution in [0, 0.1) is 13.8 Å². The zero-order valence-corrected chi connectivity index (χ0v) is 13.3. The van der Waals surface area contributed by atoms with E-state index >= 15 is 0 Å². The van der Waals surface area contributed by atoms with E-state index in [0.717, 1.165) is 43.4 Å². The largest absolute Gasteiger partial charge is 0.335 e. The molecular weight excluding hydrogens is 262 g/mol. The number of hydrogen-bond donors (Lipinski definition) is 0. The van der Waals surface area contributed by atoms with Crippen LogP contribution in [-0.4, -0.2) is 29.2 Å². The van der Waals surface area contributed by atoms with Crippen LogP contribution in [0.3, 0.4) is 0 Å². The lowest BCUT2D eigenvalue weighted by molar-refractivity contribution is -0.118. The lowest BCUT2D eigenvalue weighted by atomic mass is 10.0. The molecule has 0 saturated carbocycles. The first-order valence-corrected chi connectivity index (χ1v) is 7.86. The van der Waals surface area contributed by atoms with Gasteiger partial charge in [-0.3, -0.25) is 9.59 Å². The second-order valence-electron chi connectivity index (χ2n) is 6.21. The van der Waals surface area contributed by atoms with E-state index in [0.29, 0.717) is 6.42 Å². The summed E-state index contributed by atoms with van der Waals surface area (Å²) in [5, 5.41) is 0. The normalized spacial score (nSPS) is 19.2. The molecule has 3 heteroatoms. The van der Waals surface area contributed by atoms with Crippen molar-refractivity contribution in [3.63, 3.8) is 0 Å². The van der Waals surface area contributed by atoms with E-state index in [-0.39, 0.29) is 17.7 Å². The van der Waals surface area contributed by atoms with Crippen molar-refractivity contribution < 1.29 is 9.59 Å². The van der Waals surface area contributed by atoms with Gasteiger partial charge in [0.05, 0.1) is 0 Å². The highest BCUT2D eigenvalue weighted by Gasteiger charge is 2.27. The van der Waals surface area contributed by atoms with Gasteiger partial charge in [0.15, 0.2) is 0 Å². The Morgan fingerprint density at radius 1 is 1.14 bits per heavy atom. The number of aryl methyl sites for hydroxylation is 2. The van der Waals surface area contributed by atoms with Gasteiger partial charge < -0.3 is 4.90 Å². The molecule has 1 saturated heterocycles. The van der Waals surface area contributed by atoms with Crippen LogP contribution in [0.1, 0.15) is 60.5 Å². The fourth-order valence-electron chi connectivity index (χ4n) is 3.03. The van der Waals surface area contributed by atoms with Gasteiger partial charge >= 0.3 is 0 Å². The number of carbonyl (C=O) groups excluding carboxylic acids is 2. The molecule has 0 bridgehead atoms. The molecule has 0 N–H and O–H groups in total. The van der Waals surface area contributed by atoms with Crippen LogP contribution in [0.15, 0.2) is 18.2 Å². The van der Waals surface area contributed by atoms with Gasteiger partial charge in [-0.15, -0.1) is 0 Å². The molecule has 0 radical (unpaired) electrons. The molecular formula is C18H25NO2. The summed E-state index contributed by atoms with van der Waals surface area (Å²) in [6.07, 6.45) is 4.71. The highest BCUT2D eigenvalue weighted by molar-refractivity contribution is 5.95. The van der Waals surface area contributed by atoms with Gasteiger partial charge in [0.25, 0.3) is 5.91 Å². The highest BCUT2D eigenvalue weighted by Crippen LogP contribution is 2.22. The first-order chi connectivity index (χ1) is 9.99. The number of Topliss-reactive ketones (excluding diaryl/α,β-unsaturated/α-hetero) is 1. The highest BCUT2D eigenvalue weighted by atomic mass is 16.2. The fourth-order valence-corrected chi connectivity index (χ4v) is 3.03. The SMILES string of the molecule is CC(=O)CC1CCCCCN1C(=O)c1ccc(C)c(C)c1. The molecule has 1 heterocycles. The number of nitrogens with zero attached hydrogens (tertiary/aromatic N) is 1. The van der Waals surface area contributed by atoms with E-state index in [1.807, 2.05) is 36.9 Å². The predicted octanol–water partition coefficient (Wildman–Crippen LogP) is 3.67. The molecule has 1 aliphatic heterocycles. The van der Waals surface area contributed by atoms with Crippen molar-refractivity contribution in [1.82, 2.24) is 4.90 Å². The number of amides is 1. The van der Waals surface area contributed by atoms with Gasteiger partial charge in [-0.2, -0.15) is 0 Å². The van der Waals surface area contributed by atoms with Crippen molar-refractivity contribution in [3.05, 3.63) is 34.9 Å². The minimum atomic E-state index is 0.0686. The number of benzene rings is 1. The molecule has 1 aliphatic rings. The number of likely N-dealkylation sites (tertiary alicyclic amines) is 1. The van der Waals surface area contributed by atoms with E-state index in [4.69, 9.17) is 0 Å². The third-order valence-electron chi connectivity index (χ3n) is 4.41. The van der Waals surface area contributed by atoms with Gasteiger partial charge in [0, 0.05) is 24.6 Å². The third-order valence-corrected chi connectivity index (χ3v) is 4.41. The molecule has 21 heavy (non-hydrogen) atoms. The molecule has 1 atom stereocenters. The average molecular weight is 287 g/mol. The average Bonchev–Trinajstić information content (AvgIpc) is 2.66. The summed E-state index contributed by atoms with van der Waals surface area (Å²) in [5.74, 6) is 0.242. The standard InChI is InChI=1S/C18H25NO2/c1-13-8-9-16(11-14(13)2)18(21)19-10-6-4-5-7-17(19)12-15(3)20/h8-9,11,17H,4-7,10,12H2,1-3H3. The van der Waals surface area contributed by atoms with Gasteiger partial charge in [0.1, 0.15) is 5.78 Å². The van der Waals surface area contributed by atoms with Gasteiger partial charge in [0.2, 0.25) is 0 Å². The lowest BCUT2D eigenvalue weighted by Crippen LogP contribution is -2.41. The minimum Gasteiger partial charge on any atom is -0.335 e. The zero-order valence-electron chi connectivity index (χ0n) is 13.3. The Kier molecular flexibility index (Phi) is 5.16. The van der Waals surface area contributed by atoms with Crippen molar-refractivity contribution in [2.24, 2.45) is 0 Å². The molecule has 1 amide bonds. The Balaban J connectivity index is 2.23. The van der Waals surface area contributed by atoms with E-state index < -0.39 is 0 Å². The topological polar surface area (TPSA) is 37.4 Å². The Hall–Kier alpha value is -1.64. The quantitative estimate of drug-likeness (QED) is 0.850. The van der Waals surface area contributed by atoms with Crippen LogP contribution in [0.2, 0.25) is 0 Å². The Morgan fingerprint density at radius 2 is 1.90 bits per heavy atom. The Morgan fingerprint density at radius 3 is 2.57 bits per heavy atom. The number of rotatable bonds is 3. The van der Waals surface area contributed by atoms with Crippen LogP contribution < -0.4 is 0 Å². The maximum atomic E-state index is 12.8. The summed E-state index contributed by atoms with van der Waals surface area (Å²) >= 11 is 0. The first kappa shape index (κ1) is 15.7. The van der Waals surface area contributed by atoms with Crippen molar-refractivity contribution in [3.8, 4) is 0 Å². The second kappa shape index (κ2) is 6.88. The van der Waals surface area contributed by atoms with E-state index in [1.165, 1.54) is 5.56 Å².